The number of ether oxygens (including phenoxy) is 1. The quantitative estimate of drug-likeness (QED) is 0.421. The zero-order chi connectivity index (χ0) is 31.3. The van der Waals surface area contributed by atoms with Crippen molar-refractivity contribution in [2.75, 3.05) is 26.2 Å². The van der Waals surface area contributed by atoms with Crippen molar-refractivity contribution in [1.82, 2.24) is 25.0 Å². The Hall–Kier alpha value is -3.95. The molecule has 2 aliphatic heterocycles. The van der Waals surface area contributed by atoms with Crippen LogP contribution in [0.3, 0.4) is 0 Å². The van der Waals surface area contributed by atoms with E-state index in [1.54, 1.807) is 39.1 Å². The zero-order valence-corrected chi connectivity index (χ0v) is 26.3. The van der Waals surface area contributed by atoms with Crippen LogP contribution in [-0.4, -0.2) is 81.5 Å². The summed E-state index contributed by atoms with van der Waals surface area (Å²) >= 11 is 6.12. The molecule has 1 aromatic heterocycles. The molecule has 5 rings (SSSR count). The van der Waals surface area contributed by atoms with Gasteiger partial charge in [-0.05, 0) is 61.7 Å². The van der Waals surface area contributed by atoms with Crippen molar-refractivity contribution >= 4 is 29.5 Å². The van der Waals surface area contributed by atoms with Crippen LogP contribution in [0.25, 0.3) is 0 Å². The predicted octanol–water partition coefficient (Wildman–Crippen LogP) is 4.47. The van der Waals surface area contributed by atoms with Crippen LogP contribution in [0.1, 0.15) is 43.2 Å². The molecule has 2 aromatic carbocycles. The molecule has 0 bridgehead atoms. The molecule has 2 aliphatic rings. The minimum Gasteiger partial charge on any atom is -0.444 e. The molecule has 3 heterocycles. The topological polar surface area (TPSA) is 95.1 Å². The third kappa shape index (κ3) is 8.15. The fourth-order valence-corrected chi connectivity index (χ4v) is 5.79. The van der Waals surface area contributed by atoms with E-state index in [1.807, 2.05) is 59.5 Å². The van der Waals surface area contributed by atoms with Crippen LogP contribution in [0.4, 0.5) is 4.79 Å². The summed E-state index contributed by atoms with van der Waals surface area (Å²) in [4.78, 5) is 51.3. The molecule has 1 N–H and O–H groups in total. The highest BCUT2D eigenvalue weighted by atomic mass is 35.5. The maximum Gasteiger partial charge on any atom is 0.411 e. The van der Waals surface area contributed by atoms with Crippen molar-refractivity contribution in [1.29, 1.82) is 0 Å². The van der Waals surface area contributed by atoms with Gasteiger partial charge < -0.3 is 15.0 Å². The van der Waals surface area contributed by atoms with Gasteiger partial charge in [-0.1, -0.05) is 54.1 Å². The number of piperazine rings is 1. The van der Waals surface area contributed by atoms with Gasteiger partial charge in [0.1, 0.15) is 17.7 Å². The molecular weight excluding hydrogens is 578 g/mol. The van der Waals surface area contributed by atoms with E-state index in [4.69, 9.17) is 16.3 Å². The van der Waals surface area contributed by atoms with E-state index in [2.05, 4.69) is 15.2 Å². The van der Waals surface area contributed by atoms with Crippen LogP contribution in [0.15, 0.2) is 72.9 Å². The molecule has 9 nitrogen and oxygen atoms in total. The molecule has 0 spiro atoms. The number of carbonyl (C=O) groups is 3. The van der Waals surface area contributed by atoms with E-state index in [9.17, 15) is 14.4 Å². The first-order valence-corrected chi connectivity index (χ1v) is 15.5. The molecule has 0 saturated carbocycles. The van der Waals surface area contributed by atoms with E-state index >= 15 is 0 Å². The molecule has 232 valence electrons. The van der Waals surface area contributed by atoms with Crippen molar-refractivity contribution in [3.8, 4) is 0 Å². The van der Waals surface area contributed by atoms with E-state index in [1.165, 1.54) is 4.90 Å². The lowest BCUT2D eigenvalue weighted by Gasteiger charge is -2.39. The molecular formula is C34H40ClN5O4. The van der Waals surface area contributed by atoms with Crippen LogP contribution >= 0.6 is 11.6 Å². The fraction of sp³-hybridized carbons (Fsp3) is 0.412. The number of carbonyl (C=O) groups excluding carboxylic acids is 3. The zero-order valence-electron chi connectivity index (χ0n) is 25.5. The van der Waals surface area contributed by atoms with Crippen molar-refractivity contribution in [2.24, 2.45) is 0 Å². The summed E-state index contributed by atoms with van der Waals surface area (Å²) in [6.07, 6.45) is 1.85. The molecule has 10 heteroatoms. The van der Waals surface area contributed by atoms with Crippen LogP contribution in [0, 0.1) is 0 Å². The molecule has 1 fully saturated rings. The summed E-state index contributed by atoms with van der Waals surface area (Å²) in [6.45, 7) is 8.86. The normalized spacial score (nSPS) is 17.9. The second-order valence-electron chi connectivity index (χ2n) is 12.4. The number of halogens is 1. The van der Waals surface area contributed by atoms with Gasteiger partial charge in [-0.3, -0.25) is 24.4 Å². The molecule has 0 radical (unpaired) electrons. The summed E-state index contributed by atoms with van der Waals surface area (Å²) in [5.74, 6) is -0.530. The van der Waals surface area contributed by atoms with Crippen molar-refractivity contribution < 1.29 is 19.1 Å². The Labute approximate surface area is 264 Å². The van der Waals surface area contributed by atoms with Gasteiger partial charge in [0, 0.05) is 56.8 Å². The lowest BCUT2D eigenvalue weighted by molar-refractivity contribution is -0.139. The lowest BCUT2D eigenvalue weighted by atomic mass is 9.93. The van der Waals surface area contributed by atoms with Crippen molar-refractivity contribution in [3.05, 3.63) is 100 Å². The standard InChI is InChI=1S/C34H40ClN5O4/c1-34(2,3)44-33(43)40-22-26-9-5-4-8-25(26)21-30(40)31(41)37-29(20-24-11-13-27(35)14-12-24)32(42)39-18-16-38(17-19-39)23-28-10-6-7-15-36-28/h4-15,29-30H,16-23H2,1-3H3,(H,37,41)/t29-,30+/m1/s1. The average Bonchev–Trinajstić information content (AvgIpc) is 3.01. The molecule has 3 amide bonds. The van der Waals surface area contributed by atoms with E-state index < -0.39 is 23.8 Å². The number of aromatic nitrogens is 1. The molecule has 3 aromatic rings. The van der Waals surface area contributed by atoms with Crippen LogP contribution in [0.5, 0.6) is 0 Å². The summed E-state index contributed by atoms with van der Waals surface area (Å²) in [5.41, 5.74) is 3.11. The number of hydrogen-bond donors (Lipinski definition) is 1. The van der Waals surface area contributed by atoms with E-state index in [-0.39, 0.29) is 18.4 Å². The number of amides is 3. The van der Waals surface area contributed by atoms with Gasteiger partial charge in [0.05, 0.1) is 12.2 Å². The first-order chi connectivity index (χ1) is 21.1. The number of benzene rings is 2. The van der Waals surface area contributed by atoms with Gasteiger partial charge in [-0.15, -0.1) is 0 Å². The number of rotatable bonds is 7. The summed E-state index contributed by atoms with van der Waals surface area (Å²) in [6, 6.07) is 19.3. The van der Waals surface area contributed by atoms with Crippen LogP contribution < -0.4 is 5.32 Å². The van der Waals surface area contributed by atoms with Gasteiger partial charge >= 0.3 is 6.09 Å². The average molecular weight is 618 g/mol. The first kappa shape index (κ1) is 31.5. The van der Waals surface area contributed by atoms with Crippen molar-refractivity contribution in [2.45, 2.75) is 64.4 Å². The Bertz CT molecular complexity index is 1450. The van der Waals surface area contributed by atoms with E-state index in [0.717, 1.165) is 28.9 Å². The number of fused-ring (bicyclic) bond motifs is 1. The number of nitrogens with one attached hydrogen (secondary N) is 1. The molecule has 0 unspecified atom stereocenters. The highest BCUT2D eigenvalue weighted by molar-refractivity contribution is 6.30. The smallest absolute Gasteiger partial charge is 0.411 e. The minimum absolute atomic E-state index is 0.147. The Kier molecular flexibility index (Phi) is 9.86. The second-order valence-corrected chi connectivity index (χ2v) is 12.8. The van der Waals surface area contributed by atoms with Crippen LogP contribution in [-0.2, 0) is 40.3 Å². The summed E-state index contributed by atoms with van der Waals surface area (Å²) < 4.78 is 5.69. The van der Waals surface area contributed by atoms with Gasteiger partial charge in [0.25, 0.3) is 0 Å². The molecule has 1 saturated heterocycles. The lowest BCUT2D eigenvalue weighted by Crippen LogP contribution is -2.59. The maximum atomic E-state index is 14.0. The molecule has 2 atom stereocenters. The summed E-state index contributed by atoms with van der Waals surface area (Å²) in [7, 11) is 0. The van der Waals surface area contributed by atoms with Gasteiger partial charge in [0.15, 0.2) is 0 Å². The number of pyridine rings is 1. The molecule has 0 aliphatic carbocycles. The van der Waals surface area contributed by atoms with Gasteiger partial charge in [0.2, 0.25) is 11.8 Å². The summed E-state index contributed by atoms with van der Waals surface area (Å²) in [5, 5.41) is 3.64. The molecule has 44 heavy (non-hydrogen) atoms. The van der Waals surface area contributed by atoms with Crippen molar-refractivity contribution in [3.63, 3.8) is 0 Å². The van der Waals surface area contributed by atoms with Gasteiger partial charge in [-0.25, -0.2) is 4.79 Å². The first-order valence-electron chi connectivity index (χ1n) is 15.1. The van der Waals surface area contributed by atoms with Crippen LogP contribution in [0.2, 0.25) is 5.02 Å². The Morgan fingerprint density at radius 1 is 0.955 bits per heavy atom. The number of hydrogen-bond acceptors (Lipinski definition) is 6. The monoisotopic (exact) mass is 617 g/mol. The largest absolute Gasteiger partial charge is 0.444 e. The fourth-order valence-electron chi connectivity index (χ4n) is 5.66. The second kappa shape index (κ2) is 13.8. The van der Waals surface area contributed by atoms with E-state index in [0.29, 0.717) is 44.0 Å². The Morgan fingerprint density at radius 2 is 1.64 bits per heavy atom. The SMILES string of the molecule is CC(C)(C)OC(=O)N1Cc2ccccc2C[C@H]1C(=O)N[C@H](Cc1ccc(Cl)cc1)C(=O)N1CCN(Cc2ccccn2)CC1. The third-order valence-electron chi connectivity index (χ3n) is 7.94. The van der Waals surface area contributed by atoms with Gasteiger partial charge in [-0.2, -0.15) is 0 Å². The predicted molar refractivity (Wildman–Crippen MR) is 169 cm³/mol. The highest BCUT2D eigenvalue weighted by Gasteiger charge is 2.39. The Balaban J connectivity index is 1.33. The minimum atomic E-state index is -0.824. The highest BCUT2D eigenvalue weighted by Crippen LogP contribution is 2.26. The number of nitrogens with zero attached hydrogens (tertiary/aromatic N) is 4. The Morgan fingerprint density at radius 3 is 2.30 bits per heavy atom. The maximum absolute atomic E-state index is 14.0. The third-order valence-corrected chi connectivity index (χ3v) is 8.19.